The Morgan fingerprint density at radius 3 is 3.20 bits per heavy atom. The Morgan fingerprint density at radius 1 is 1.45 bits per heavy atom. The summed E-state index contributed by atoms with van der Waals surface area (Å²) in [5.41, 5.74) is 1.04. The van der Waals surface area contributed by atoms with Crippen molar-refractivity contribution in [2.45, 2.75) is 45.1 Å². The molecule has 0 aliphatic carbocycles. The molecule has 2 aromatic rings. The zero-order valence-corrected chi connectivity index (χ0v) is 12.8. The van der Waals surface area contributed by atoms with Gasteiger partial charge in [0.2, 0.25) is 0 Å². The number of fused-ring (bicyclic) bond motifs is 1. The molecule has 4 heteroatoms. The predicted octanol–water partition coefficient (Wildman–Crippen LogP) is 3.77. The van der Waals surface area contributed by atoms with Gasteiger partial charge in [0.15, 0.2) is 0 Å². The van der Waals surface area contributed by atoms with Crippen LogP contribution in [0.25, 0.3) is 10.2 Å². The number of hydrogen-bond acceptors (Lipinski definition) is 4. The fourth-order valence-electron chi connectivity index (χ4n) is 2.61. The molecule has 1 unspecified atom stereocenters. The van der Waals surface area contributed by atoms with Crippen LogP contribution in [0.15, 0.2) is 18.2 Å². The number of aromatic nitrogens is 1. The molecule has 1 aliphatic rings. The quantitative estimate of drug-likeness (QED) is 0.879. The Hall–Kier alpha value is -1.13. The summed E-state index contributed by atoms with van der Waals surface area (Å²) < 4.78 is 7.25. The first-order valence-electron chi connectivity index (χ1n) is 7.61. The van der Waals surface area contributed by atoms with Crippen LogP contribution < -0.4 is 10.1 Å². The molecular formula is C16H22N2OS. The van der Waals surface area contributed by atoms with Crippen molar-refractivity contribution >= 4 is 21.6 Å². The minimum absolute atomic E-state index is 0.503. The summed E-state index contributed by atoms with van der Waals surface area (Å²) in [6, 6.07) is 6.76. The Labute approximate surface area is 124 Å². The Morgan fingerprint density at radius 2 is 2.40 bits per heavy atom. The number of ether oxygens (including phenoxy) is 1. The van der Waals surface area contributed by atoms with Crippen LogP contribution in [0, 0.1) is 0 Å². The van der Waals surface area contributed by atoms with Gasteiger partial charge in [-0.3, -0.25) is 0 Å². The molecule has 0 amide bonds. The molecule has 0 bridgehead atoms. The van der Waals surface area contributed by atoms with E-state index in [0.717, 1.165) is 30.8 Å². The van der Waals surface area contributed by atoms with Crippen LogP contribution in [-0.2, 0) is 6.42 Å². The lowest BCUT2D eigenvalue weighted by Crippen LogP contribution is -2.28. The van der Waals surface area contributed by atoms with Crippen LogP contribution in [0.5, 0.6) is 5.75 Å². The van der Waals surface area contributed by atoms with Crippen molar-refractivity contribution < 1.29 is 4.74 Å². The predicted molar refractivity (Wildman–Crippen MR) is 84.8 cm³/mol. The average molecular weight is 290 g/mol. The summed E-state index contributed by atoms with van der Waals surface area (Å²) in [5.74, 6) is 0.940. The van der Waals surface area contributed by atoms with Crippen molar-refractivity contribution in [1.82, 2.24) is 10.3 Å². The van der Waals surface area contributed by atoms with Crippen LogP contribution in [0.4, 0.5) is 0 Å². The molecule has 1 aliphatic heterocycles. The van der Waals surface area contributed by atoms with Crippen LogP contribution >= 0.6 is 11.3 Å². The van der Waals surface area contributed by atoms with Gasteiger partial charge < -0.3 is 10.1 Å². The lowest BCUT2D eigenvalue weighted by molar-refractivity contribution is 0.280. The van der Waals surface area contributed by atoms with Crippen molar-refractivity contribution in [2.75, 3.05) is 13.2 Å². The lowest BCUT2D eigenvalue weighted by atomic mass is 10.2. The number of aryl methyl sites for hydroxylation is 1. The molecule has 3 rings (SSSR count). The molecule has 108 valence electrons. The highest BCUT2D eigenvalue weighted by atomic mass is 32.1. The summed E-state index contributed by atoms with van der Waals surface area (Å²) in [4.78, 5) is 4.77. The minimum atomic E-state index is 0.503. The maximum Gasteiger partial charge on any atom is 0.146 e. The van der Waals surface area contributed by atoms with Crippen LogP contribution in [0.1, 0.15) is 37.6 Å². The summed E-state index contributed by atoms with van der Waals surface area (Å²) in [5, 5.41) is 4.70. The fourth-order valence-corrected chi connectivity index (χ4v) is 3.64. The Kier molecular flexibility index (Phi) is 4.53. The van der Waals surface area contributed by atoms with E-state index in [2.05, 4.69) is 24.4 Å². The molecule has 1 saturated heterocycles. The molecule has 1 N–H and O–H groups in total. The first kappa shape index (κ1) is 13.8. The average Bonchev–Trinajstić information content (AvgIpc) is 3.11. The minimum Gasteiger partial charge on any atom is -0.490 e. The van der Waals surface area contributed by atoms with Crippen LogP contribution in [0.2, 0.25) is 0 Å². The van der Waals surface area contributed by atoms with Gasteiger partial charge in [-0.25, -0.2) is 4.98 Å². The smallest absolute Gasteiger partial charge is 0.146 e. The van der Waals surface area contributed by atoms with Gasteiger partial charge in [0.25, 0.3) is 0 Å². The van der Waals surface area contributed by atoms with Crippen LogP contribution in [-0.4, -0.2) is 24.2 Å². The number of unbranched alkanes of at least 4 members (excludes halogenated alkanes) is 1. The second-order valence-corrected chi connectivity index (χ2v) is 6.53. The molecule has 1 aromatic heterocycles. The number of nitrogens with one attached hydrogen (secondary N) is 1. The van der Waals surface area contributed by atoms with Gasteiger partial charge in [-0.15, -0.1) is 11.3 Å². The summed E-state index contributed by atoms with van der Waals surface area (Å²) in [6.07, 6.45) is 5.99. The topological polar surface area (TPSA) is 34.1 Å². The molecule has 0 saturated carbocycles. The SMILES string of the molecule is CCCCc1nc2c(OCC3CCCN3)cccc2s1. The highest BCUT2D eigenvalue weighted by Gasteiger charge is 2.16. The second kappa shape index (κ2) is 6.55. The zero-order chi connectivity index (χ0) is 13.8. The van der Waals surface area contributed by atoms with E-state index in [9.17, 15) is 0 Å². The molecule has 1 aromatic carbocycles. The van der Waals surface area contributed by atoms with Crippen molar-refractivity contribution in [3.63, 3.8) is 0 Å². The van der Waals surface area contributed by atoms with Crippen molar-refractivity contribution in [3.05, 3.63) is 23.2 Å². The van der Waals surface area contributed by atoms with Gasteiger partial charge in [0.05, 0.1) is 9.71 Å². The van der Waals surface area contributed by atoms with Gasteiger partial charge in [-0.2, -0.15) is 0 Å². The maximum atomic E-state index is 6.00. The second-order valence-electron chi connectivity index (χ2n) is 5.42. The van der Waals surface area contributed by atoms with E-state index in [0.29, 0.717) is 6.04 Å². The molecule has 0 spiro atoms. The Balaban J connectivity index is 1.73. The molecule has 1 fully saturated rings. The van der Waals surface area contributed by atoms with Crippen LogP contribution in [0.3, 0.4) is 0 Å². The van der Waals surface area contributed by atoms with Gasteiger partial charge in [0, 0.05) is 6.04 Å². The number of rotatable bonds is 6. The van der Waals surface area contributed by atoms with Gasteiger partial charge in [0.1, 0.15) is 17.9 Å². The molecule has 3 nitrogen and oxygen atoms in total. The molecule has 1 atom stereocenters. The third kappa shape index (κ3) is 3.13. The summed E-state index contributed by atoms with van der Waals surface area (Å²) in [7, 11) is 0. The number of nitrogens with zero attached hydrogens (tertiary/aromatic N) is 1. The number of thiazole rings is 1. The molecule has 2 heterocycles. The first-order valence-corrected chi connectivity index (χ1v) is 8.43. The number of para-hydroxylation sites is 1. The largest absolute Gasteiger partial charge is 0.490 e. The van der Waals surface area contributed by atoms with Gasteiger partial charge in [-0.05, 0) is 44.4 Å². The van der Waals surface area contributed by atoms with E-state index in [1.54, 1.807) is 11.3 Å². The third-order valence-electron chi connectivity index (χ3n) is 3.77. The Bertz CT molecular complexity index is 561. The normalized spacial score (nSPS) is 18.8. The monoisotopic (exact) mass is 290 g/mol. The van der Waals surface area contributed by atoms with E-state index in [-0.39, 0.29) is 0 Å². The lowest BCUT2D eigenvalue weighted by Gasteiger charge is -2.12. The van der Waals surface area contributed by atoms with Crippen molar-refractivity contribution in [3.8, 4) is 5.75 Å². The molecule has 0 radical (unpaired) electrons. The number of hydrogen-bond donors (Lipinski definition) is 1. The van der Waals surface area contributed by atoms with Gasteiger partial charge >= 0.3 is 0 Å². The van der Waals surface area contributed by atoms with Crippen molar-refractivity contribution in [1.29, 1.82) is 0 Å². The third-order valence-corrected chi connectivity index (χ3v) is 4.85. The highest BCUT2D eigenvalue weighted by molar-refractivity contribution is 7.18. The maximum absolute atomic E-state index is 6.00. The van der Waals surface area contributed by atoms with E-state index in [1.165, 1.54) is 35.4 Å². The standard InChI is InChI=1S/C16H22N2OS/c1-2-3-9-15-18-16-13(7-4-8-14(16)20-15)19-11-12-6-5-10-17-12/h4,7-8,12,17H,2-3,5-6,9-11H2,1H3. The zero-order valence-electron chi connectivity index (χ0n) is 12.0. The number of benzene rings is 1. The fraction of sp³-hybridized carbons (Fsp3) is 0.562. The van der Waals surface area contributed by atoms with E-state index < -0.39 is 0 Å². The van der Waals surface area contributed by atoms with E-state index >= 15 is 0 Å². The molecular weight excluding hydrogens is 268 g/mol. The first-order chi connectivity index (χ1) is 9.86. The van der Waals surface area contributed by atoms with E-state index in [1.807, 2.05) is 6.07 Å². The molecule has 20 heavy (non-hydrogen) atoms. The summed E-state index contributed by atoms with van der Waals surface area (Å²) in [6.45, 7) is 4.09. The van der Waals surface area contributed by atoms with E-state index in [4.69, 9.17) is 9.72 Å². The summed E-state index contributed by atoms with van der Waals surface area (Å²) >= 11 is 1.80. The highest BCUT2D eigenvalue weighted by Crippen LogP contribution is 2.30. The van der Waals surface area contributed by atoms with Gasteiger partial charge in [-0.1, -0.05) is 19.4 Å². The van der Waals surface area contributed by atoms with Crippen molar-refractivity contribution in [2.24, 2.45) is 0 Å².